The Labute approximate surface area is 141 Å². The first kappa shape index (κ1) is 17.7. The Kier molecular flexibility index (Phi) is 6.83. The van der Waals surface area contributed by atoms with E-state index in [0.717, 1.165) is 18.8 Å². The first-order valence-corrected chi connectivity index (χ1v) is 9.05. The molecule has 2 rings (SSSR count). The third-order valence-corrected chi connectivity index (χ3v) is 5.23. The van der Waals surface area contributed by atoms with Gasteiger partial charge in [-0.1, -0.05) is 0 Å². The quantitative estimate of drug-likeness (QED) is 0.521. The Morgan fingerprint density at radius 1 is 1.43 bits per heavy atom. The second kappa shape index (κ2) is 8.86. The molecule has 1 atom stereocenters. The minimum Gasteiger partial charge on any atom is -0.467 e. The fourth-order valence-electron chi connectivity index (χ4n) is 2.39. The number of aliphatic imine (C=N–C) groups is 1. The van der Waals surface area contributed by atoms with Crippen molar-refractivity contribution in [2.45, 2.75) is 38.0 Å². The van der Waals surface area contributed by atoms with Crippen molar-refractivity contribution < 1.29 is 9.21 Å². The van der Waals surface area contributed by atoms with Crippen LogP contribution in [0.2, 0.25) is 0 Å². The first-order valence-electron chi connectivity index (χ1n) is 8.06. The van der Waals surface area contributed by atoms with E-state index in [4.69, 9.17) is 4.42 Å². The summed E-state index contributed by atoms with van der Waals surface area (Å²) in [7, 11) is 0. The van der Waals surface area contributed by atoms with Crippen LogP contribution in [0.1, 0.15) is 32.4 Å². The summed E-state index contributed by atoms with van der Waals surface area (Å²) in [5.74, 6) is 2.52. The van der Waals surface area contributed by atoms with Crippen LogP contribution in [0.25, 0.3) is 0 Å². The van der Waals surface area contributed by atoms with Gasteiger partial charge in [-0.3, -0.25) is 4.79 Å². The molecule has 0 spiro atoms. The van der Waals surface area contributed by atoms with E-state index in [-0.39, 0.29) is 17.2 Å². The molecular weight excluding hydrogens is 312 g/mol. The smallest absolute Gasteiger partial charge is 0.242 e. The molecule has 2 heterocycles. The molecule has 1 amide bonds. The molecule has 6 nitrogen and oxygen atoms in total. The molecule has 1 unspecified atom stereocenters. The fourth-order valence-corrected chi connectivity index (χ4v) is 3.64. The summed E-state index contributed by atoms with van der Waals surface area (Å²) in [6.07, 6.45) is 4.08. The van der Waals surface area contributed by atoms with Crippen molar-refractivity contribution >= 4 is 23.6 Å². The minimum absolute atomic E-state index is 0.0971. The third-order valence-electron chi connectivity index (χ3n) is 3.70. The summed E-state index contributed by atoms with van der Waals surface area (Å²) in [6.45, 7) is 6.40. The summed E-state index contributed by atoms with van der Waals surface area (Å²) in [5.41, 5.74) is 0. The molecular formula is C16H26N4O2S. The van der Waals surface area contributed by atoms with Crippen LogP contribution >= 0.6 is 11.8 Å². The predicted molar refractivity (Wildman–Crippen MR) is 94.6 cm³/mol. The molecule has 1 aromatic rings. The number of carbonyl (C=O) groups is 1. The molecule has 128 valence electrons. The van der Waals surface area contributed by atoms with Gasteiger partial charge in [0.05, 0.1) is 12.8 Å². The average Bonchev–Trinajstić information content (AvgIpc) is 3.20. The van der Waals surface area contributed by atoms with Gasteiger partial charge in [0.1, 0.15) is 12.3 Å². The summed E-state index contributed by atoms with van der Waals surface area (Å²) in [4.78, 5) is 16.2. The van der Waals surface area contributed by atoms with Gasteiger partial charge in [0.25, 0.3) is 0 Å². The van der Waals surface area contributed by atoms with Gasteiger partial charge in [-0.05, 0) is 44.6 Å². The van der Waals surface area contributed by atoms with Crippen molar-refractivity contribution in [3.8, 4) is 0 Å². The molecule has 23 heavy (non-hydrogen) atoms. The van der Waals surface area contributed by atoms with Crippen molar-refractivity contribution in [1.29, 1.82) is 0 Å². The van der Waals surface area contributed by atoms with Gasteiger partial charge in [-0.15, -0.1) is 0 Å². The topological polar surface area (TPSA) is 78.7 Å². The lowest BCUT2D eigenvalue weighted by molar-refractivity contribution is -0.119. The molecule has 1 aliphatic rings. The highest BCUT2D eigenvalue weighted by Crippen LogP contribution is 2.36. The van der Waals surface area contributed by atoms with E-state index in [2.05, 4.69) is 27.9 Å². The number of rotatable bonds is 7. The van der Waals surface area contributed by atoms with Crippen LogP contribution in [-0.2, 0) is 11.3 Å². The van der Waals surface area contributed by atoms with Crippen LogP contribution in [0.15, 0.2) is 27.8 Å². The third kappa shape index (κ3) is 6.17. The number of thioether (sulfide) groups is 1. The van der Waals surface area contributed by atoms with Crippen molar-refractivity contribution in [1.82, 2.24) is 16.0 Å². The molecule has 1 aromatic heterocycles. The molecule has 0 bridgehead atoms. The maximum atomic E-state index is 11.9. The molecule has 0 aliphatic carbocycles. The Hall–Kier alpha value is -1.63. The SMILES string of the molecule is CCNC(=NCC(=O)NCc1ccco1)NCC1(C)CCCS1. The molecule has 0 radical (unpaired) electrons. The Morgan fingerprint density at radius 3 is 2.96 bits per heavy atom. The van der Waals surface area contributed by atoms with Gasteiger partial charge in [0, 0.05) is 17.8 Å². The maximum Gasteiger partial charge on any atom is 0.242 e. The van der Waals surface area contributed by atoms with Crippen molar-refractivity contribution in [3.05, 3.63) is 24.2 Å². The number of nitrogens with one attached hydrogen (secondary N) is 3. The Balaban J connectivity index is 1.76. The summed E-state index contributed by atoms with van der Waals surface area (Å²) >= 11 is 2.00. The zero-order valence-electron chi connectivity index (χ0n) is 13.9. The van der Waals surface area contributed by atoms with Gasteiger partial charge < -0.3 is 20.4 Å². The van der Waals surface area contributed by atoms with Crippen LogP contribution in [0.5, 0.6) is 0 Å². The monoisotopic (exact) mass is 338 g/mol. The number of amides is 1. The highest BCUT2D eigenvalue weighted by Gasteiger charge is 2.29. The van der Waals surface area contributed by atoms with E-state index in [1.54, 1.807) is 12.3 Å². The lowest BCUT2D eigenvalue weighted by Crippen LogP contribution is -2.44. The number of hydrogen-bond acceptors (Lipinski definition) is 4. The molecule has 1 fully saturated rings. The number of carbonyl (C=O) groups excluding carboxylic acids is 1. The first-order chi connectivity index (χ1) is 11.1. The van der Waals surface area contributed by atoms with Gasteiger partial charge in [0.2, 0.25) is 5.91 Å². The number of hydrogen-bond donors (Lipinski definition) is 3. The van der Waals surface area contributed by atoms with Crippen LogP contribution in [0.4, 0.5) is 0 Å². The van der Waals surface area contributed by atoms with E-state index < -0.39 is 0 Å². The molecule has 0 aromatic carbocycles. The average molecular weight is 338 g/mol. The van der Waals surface area contributed by atoms with Crippen LogP contribution in [0.3, 0.4) is 0 Å². The van der Waals surface area contributed by atoms with Crippen LogP contribution in [-0.4, -0.2) is 42.0 Å². The highest BCUT2D eigenvalue weighted by atomic mass is 32.2. The van der Waals surface area contributed by atoms with E-state index in [1.165, 1.54) is 18.6 Å². The maximum absolute atomic E-state index is 11.9. The molecule has 3 N–H and O–H groups in total. The van der Waals surface area contributed by atoms with E-state index >= 15 is 0 Å². The van der Waals surface area contributed by atoms with E-state index in [1.807, 2.05) is 24.8 Å². The standard InChI is InChI=1S/C16H26N4O2S/c1-3-17-15(20-12-16(2)7-5-9-23-16)19-11-14(21)18-10-13-6-4-8-22-13/h4,6,8H,3,5,7,9-12H2,1-2H3,(H,18,21)(H2,17,19,20). The molecule has 0 saturated carbocycles. The van der Waals surface area contributed by atoms with Crippen molar-refractivity contribution in [3.63, 3.8) is 0 Å². The lowest BCUT2D eigenvalue weighted by Gasteiger charge is -2.24. The van der Waals surface area contributed by atoms with Crippen LogP contribution < -0.4 is 16.0 Å². The predicted octanol–water partition coefficient (Wildman–Crippen LogP) is 1.74. The highest BCUT2D eigenvalue weighted by molar-refractivity contribution is 8.00. The normalized spacial score (nSPS) is 21.2. The van der Waals surface area contributed by atoms with Gasteiger partial charge >= 0.3 is 0 Å². The van der Waals surface area contributed by atoms with Crippen molar-refractivity contribution in [2.75, 3.05) is 25.4 Å². The number of nitrogens with zero attached hydrogens (tertiary/aromatic N) is 1. The van der Waals surface area contributed by atoms with Crippen molar-refractivity contribution in [2.24, 2.45) is 4.99 Å². The summed E-state index contributed by atoms with van der Waals surface area (Å²) in [6, 6.07) is 3.63. The van der Waals surface area contributed by atoms with Crippen LogP contribution in [0, 0.1) is 0 Å². The van der Waals surface area contributed by atoms with E-state index in [0.29, 0.717) is 12.5 Å². The van der Waals surface area contributed by atoms with Gasteiger partial charge in [-0.2, -0.15) is 11.8 Å². The molecule has 1 aliphatic heterocycles. The van der Waals surface area contributed by atoms with E-state index in [9.17, 15) is 4.79 Å². The summed E-state index contributed by atoms with van der Waals surface area (Å²) < 4.78 is 5.44. The largest absolute Gasteiger partial charge is 0.467 e. The second-order valence-electron chi connectivity index (χ2n) is 5.81. The van der Waals surface area contributed by atoms with Gasteiger partial charge in [-0.25, -0.2) is 4.99 Å². The Morgan fingerprint density at radius 2 is 2.30 bits per heavy atom. The number of guanidine groups is 1. The van der Waals surface area contributed by atoms with Gasteiger partial charge in [0.15, 0.2) is 5.96 Å². The number of furan rings is 1. The minimum atomic E-state index is -0.125. The summed E-state index contributed by atoms with van der Waals surface area (Å²) in [5, 5.41) is 9.32. The Bertz CT molecular complexity index is 510. The molecule has 7 heteroatoms. The zero-order valence-corrected chi connectivity index (χ0v) is 14.7. The second-order valence-corrected chi connectivity index (χ2v) is 7.49. The lowest BCUT2D eigenvalue weighted by atomic mass is 10.1. The fraction of sp³-hybridized carbons (Fsp3) is 0.625. The molecule has 1 saturated heterocycles. The zero-order chi connectivity index (χ0) is 16.5.